The summed E-state index contributed by atoms with van der Waals surface area (Å²) in [5.41, 5.74) is 2.62. The zero-order valence-corrected chi connectivity index (χ0v) is 13.0. The van der Waals surface area contributed by atoms with E-state index >= 15 is 0 Å². The molecule has 0 aliphatic carbocycles. The first kappa shape index (κ1) is 13.8. The molecule has 0 bridgehead atoms. The predicted octanol–water partition coefficient (Wildman–Crippen LogP) is 3.88. The minimum Gasteiger partial charge on any atom is -0.267 e. The number of thioether (sulfide) groups is 2. The SMILES string of the molecule is CCCC1=NN(c2ccccc2)C(=O)C1=C1SCCS1. The molecule has 2 aliphatic rings. The van der Waals surface area contributed by atoms with E-state index in [1.54, 1.807) is 28.5 Å². The van der Waals surface area contributed by atoms with Gasteiger partial charge >= 0.3 is 0 Å². The van der Waals surface area contributed by atoms with Crippen LogP contribution >= 0.6 is 23.5 Å². The van der Waals surface area contributed by atoms with Crippen LogP contribution in [0.3, 0.4) is 0 Å². The van der Waals surface area contributed by atoms with Gasteiger partial charge < -0.3 is 0 Å². The number of para-hydroxylation sites is 1. The number of carbonyl (C=O) groups is 1. The van der Waals surface area contributed by atoms with Crippen LogP contribution in [0.4, 0.5) is 5.69 Å². The molecule has 2 heterocycles. The molecule has 3 nitrogen and oxygen atoms in total. The van der Waals surface area contributed by atoms with Gasteiger partial charge in [0.15, 0.2) is 0 Å². The van der Waals surface area contributed by atoms with Crippen molar-refractivity contribution >= 4 is 40.8 Å². The highest BCUT2D eigenvalue weighted by atomic mass is 32.2. The first-order valence-corrected chi connectivity index (χ1v) is 8.75. The van der Waals surface area contributed by atoms with Crippen molar-refractivity contribution in [2.75, 3.05) is 16.5 Å². The topological polar surface area (TPSA) is 32.7 Å². The number of hydrogen-bond donors (Lipinski definition) is 0. The zero-order chi connectivity index (χ0) is 13.9. The molecule has 1 saturated heterocycles. The Balaban J connectivity index is 1.99. The van der Waals surface area contributed by atoms with Gasteiger partial charge in [-0.15, -0.1) is 23.5 Å². The Morgan fingerprint density at radius 3 is 2.55 bits per heavy atom. The summed E-state index contributed by atoms with van der Waals surface area (Å²) >= 11 is 3.57. The Morgan fingerprint density at radius 1 is 1.20 bits per heavy atom. The lowest BCUT2D eigenvalue weighted by Crippen LogP contribution is -2.21. The van der Waals surface area contributed by atoms with Gasteiger partial charge in [-0.3, -0.25) is 4.79 Å². The Bertz CT molecular complexity index is 573. The van der Waals surface area contributed by atoms with Crippen LogP contribution in [0.15, 0.2) is 45.2 Å². The number of amides is 1. The highest BCUT2D eigenvalue weighted by Gasteiger charge is 2.34. The summed E-state index contributed by atoms with van der Waals surface area (Å²) in [4.78, 5) is 12.7. The van der Waals surface area contributed by atoms with E-state index in [-0.39, 0.29) is 5.91 Å². The molecule has 0 atom stereocenters. The van der Waals surface area contributed by atoms with E-state index in [1.165, 1.54) is 0 Å². The smallest absolute Gasteiger partial charge is 0.267 e. The maximum atomic E-state index is 12.7. The van der Waals surface area contributed by atoms with Crippen LogP contribution in [0.25, 0.3) is 0 Å². The van der Waals surface area contributed by atoms with Crippen molar-refractivity contribution in [2.45, 2.75) is 19.8 Å². The summed E-state index contributed by atoms with van der Waals surface area (Å²) in [5.74, 6) is 2.19. The maximum absolute atomic E-state index is 12.7. The average Bonchev–Trinajstić information content (AvgIpc) is 3.08. The number of hydrogen-bond acceptors (Lipinski definition) is 4. The Hall–Kier alpha value is -1.20. The first-order chi connectivity index (χ1) is 9.81. The quantitative estimate of drug-likeness (QED) is 0.794. The molecule has 2 aliphatic heterocycles. The molecule has 1 amide bonds. The van der Waals surface area contributed by atoms with Crippen molar-refractivity contribution in [3.63, 3.8) is 0 Å². The van der Waals surface area contributed by atoms with Gasteiger partial charge in [0.05, 0.1) is 21.2 Å². The van der Waals surface area contributed by atoms with Gasteiger partial charge in [-0.1, -0.05) is 31.5 Å². The molecule has 3 rings (SSSR count). The molecular formula is C15H16N2OS2. The van der Waals surface area contributed by atoms with Crippen molar-refractivity contribution < 1.29 is 4.79 Å². The van der Waals surface area contributed by atoms with Gasteiger partial charge in [0, 0.05) is 11.5 Å². The lowest BCUT2D eigenvalue weighted by Gasteiger charge is -2.11. The second kappa shape index (κ2) is 6.06. The van der Waals surface area contributed by atoms with Crippen LogP contribution in [-0.2, 0) is 4.79 Å². The van der Waals surface area contributed by atoms with Crippen molar-refractivity contribution in [3.8, 4) is 0 Å². The molecule has 20 heavy (non-hydrogen) atoms. The third kappa shape index (κ3) is 2.52. The largest absolute Gasteiger partial charge is 0.282 e. The molecule has 1 aromatic carbocycles. The first-order valence-electron chi connectivity index (χ1n) is 6.78. The average molecular weight is 304 g/mol. The Labute approximate surface area is 127 Å². The van der Waals surface area contributed by atoms with Gasteiger partial charge in [0.2, 0.25) is 0 Å². The molecule has 1 aromatic rings. The molecule has 0 unspecified atom stereocenters. The molecule has 5 heteroatoms. The zero-order valence-electron chi connectivity index (χ0n) is 11.3. The summed E-state index contributed by atoms with van der Waals surface area (Å²) in [6.45, 7) is 2.12. The second-order valence-corrected chi connectivity index (χ2v) is 7.08. The van der Waals surface area contributed by atoms with Crippen molar-refractivity contribution in [2.24, 2.45) is 5.10 Å². The van der Waals surface area contributed by atoms with Gasteiger partial charge in [0.1, 0.15) is 0 Å². The number of carbonyl (C=O) groups excluding carboxylic acids is 1. The molecule has 0 saturated carbocycles. The van der Waals surface area contributed by atoms with Crippen LogP contribution in [0, 0.1) is 0 Å². The van der Waals surface area contributed by atoms with E-state index in [0.29, 0.717) is 0 Å². The van der Waals surface area contributed by atoms with E-state index in [9.17, 15) is 4.79 Å². The Kier molecular flexibility index (Phi) is 4.17. The molecule has 0 aromatic heterocycles. The van der Waals surface area contributed by atoms with Gasteiger partial charge in [0.25, 0.3) is 5.91 Å². The third-order valence-electron chi connectivity index (χ3n) is 3.16. The summed E-state index contributed by atoms with van der Waals surface area (Å²) < 4.78 is 1.15. The van der Waals surface area contributed by atoms with Crippen LogP contribution < -0.4 is 5.01 Å². The molecule has 104 valence electrons. The van der Waals surface area contributed by atoms with Crippen LogP contribution in [0.2, 0.25) is 0 Å². The van der Waals surface area contributed by atoms with Crippen molar-refractivity contribution in [3.05, 3.63) is 40.1 Å². The van der Waals surface area contributed by atoms with Gasteiger partial charge in [-0.25, -0.2) is 0 Å². The lowest BCUT2D eigenvalue weighted by molar-refractivity contribution is -0.114. The molecule has 1 fully saturated rings. The van der Waals surface area contributed by atoms with E-state index in [2.05, 4.69) is 12.0 Å². The van der Waals surface area contributed by atoms with Crippen LogP contribution in [-0.4, -0.2) is 23.1 Å². The minimum absolute atomic E-state index is 0.0246. The van der Waals surface area contributed by atoms with Crippen molar-refractivity contribution in [1.82, 2.24) is 0 Å². The van der Waals surface area contributed by atoms with E-state index in [1.807, 2.05) is 30.3 Å². The van der Waals surface area contributed by atoms with Crippen LogP contribution in [0.5, 0.6) is 0 Å². The fraction of sp³-hybridized carbons (Fsp3) is 0.333. The summed E-state index contributed by atoms with van der Waals surface area (Å²) in [6.07, 6.45) is 1.86. The molecular weight excluding hydrogens is 288 g/mol. The van der Waals surface area contributed by atoms with Gasteiger partial charge in [-0.05, 0) is 18.6 Å². The normalized spacial score (nSPS) is 18.9. The highest BCUT2D eigenvalue weighted by molar-refractivity contribution is 8.25. The standard InChI is InChI=1S/C15H16N2OS2/c1-2-6-12-13(15-19-9-10-20-15)14(18)17(16-12)11-7-4-3-5-8-11/h3-5,7-8H,2,6,9-10H2,1H3. The number of hydrazone groups is 1. The van der Waals surface area contributed by atoms with Crippen LogP contribution in [0.1, 0.15) is 19.8 Å². The predicted molar refractivity (Wildman–Crippen MR) is 88.2 cm³/mol. The number of rotatable bonds is 3. The third-order valence-corrected chi connectivity index (χ3v) is 5.87. The minimum atomic E-state index is 0.0246. The highest BCUT2D eigenvalue weighted by Crippen LogP contribution is 2.41. The fourth-order valence-electron chi connectivity index (χ4n) is 2.26. The monoisotopic (exact) mass is 304 g/mol. The Morgan fingerprint density at radius 2 is 1.90 bits per heavy atom. The summed E-state index contributed by atoms with van der Waals surface area (Å²) in [6, 6.07) is 9.66. The lowest BCUT2D eigenvalue weighted by atomic mass is 10.1. The molecule has 0 spiro atoms. The number of anilines is 1. The summed E-state index contributed by atoms with van der Waals surface area (Å²) in [7, 11) is 0. The fourth-order valence-corrected chi connectivity index (χ4v) is 4.83. The number of benzene rings is 1. The maximum Gasteiger partial charge on any atom is 0.282 e. The second-order valence-electron chi connectivity index (χ2n) is 4.61. The number of nitrogens with zero attached hydrogens (tertiary/aromatic N) is 2. The molecule has 0 N–H and O–H groups in total. The molecule has 0 radical (unpaired) electrons. The van der Waals surface area contributed by atoms with Crippen molar-refractivity contribution in [1.29, 1.82) is 0 Å². The van der Waals surface area contributed by atoms with E-state index < -0.39 is 0 Å². The summed E-state index contributed by atoms with van der Waals surface area (Å²) in [5, 5.41) is 6.12. The van der Waals surface area contributed by atoms with Gasteiger partial charge in [-0.2, -0.15) is 10.1 Å². The van der Waals surface area contributed by atoms with E-state index in [0.717, 1.165) is 45.6 Å². The van der Waals surface area contributed by atoms with E-state index in [4.69, 9.17) is 0 Å².